The van der Waals surface area contributed by atoms with Crippen molar-refractivity contribution < 1.29 is 14.3 Å². The standard InChI is InChI=1S/C20H22ClNO3/c1-14(4-13-19(23)25-3)20(15-5-7-16(21)8-6-15)22-17-9-11-18(24-2)12-10-17/h4-14,20,22H,1-3H3/b13-4+/t14-,20+/m1/s1. The SMILES string of the molecule is COC(=O)/C=C/[C@@H](C)[C@H](Nc1ccc(OC)cc1)c1ccc(Cl)cc1. The lowest BCUT2D eigenvalue weighted by Crippen LogP contribution is -2.18. The molecule has 2 atom stereocenters. The number of halogens is 1. The summed E-state index contributed by atoms with van der Waals surface area (Å²) in [4.78, 5) is 11.4. The van der Waals surface area contributed by atoms with Crippen molar-refractivity contribution in [2.75, 3.05) is 19.5 Å². The lowest BCUT2D eigenvalue weighted by atomic mass is 9.93. The number of methoxy groups -OCH3 is 2. The van der Waals surface area contributed by atoms with Crippen molar-refractivity contribution in [3.8, 4) is 5.75 Å². The molecule has 0 spiro atoms. The van der Waals surface area contributed by atoms with E-state index in [2.05, 4.69) is 10.1 Å². The Balaban J connectivity index is 2.25. The Hall–Kier alpha value is -2.46. The summed E-state index contributed by atoms with van der Waals surface area (Å²) in [6.45, 7) is 2.04. The number of carbonyl (C=O) groups excluding carboxylic acids is 1. The van der Waals surface area contributed by atoms with Gasteiger partial charge >= 0.3 is 5.97 Å². The average molecular weight is 360 g/mol. The van der Waals surface area contributed by atoms with Crippen LogP contribution < -0.4 is 10.1 Å². The molecule has 0 aromatic heterocycles. The van der Waals surface area contributed by atoms with E-state index in [1.54, 1.807) is 7.11 Å². The Morgan fingerprint density at radius 3 is 2.28 bits per heavy atom. The third kappa shape index (κ3) is 5.54. The van der Waals surface area contributed by atoms with Crippen molar-refractivity contribution in [1.82, 2.24) is 0 Å². The van der Waals surface area contributed by atoms with Crippen LogP contribution in [0.2, 0.25) is 5.02 Å². The summed E-state index contributed by atoms with van der Waals surface area (Å²) in [5, 5.41) is 4.19. The Bertz CT molecular complexity index is 711. The molecule has 0 aliphatic carbocycles. The molecule has 0 heterocycles. The van der Waals surface area contributed by atoms with Crippen molar-refractivity contribution in [1.29, 1.82) is 0 Å². The maximum atomic E-state index is 11.4. The van der Waals surface area contributed by atoms with Gasteiger partial charge in [0.15, 0.2) is 0 Å². The zero-order valence-corrected chi connectivity index (χ0v) is 15.3. The van der Waals surface area contributed by atoms with E-state index in [0.29, 0.717) is 5.02 Å². The predicted molar refractivity (Wildman–Crippen MR) is 101 cm³/mol. The van der Waals surface area contributed by atoms with Gasteiger partial charge in [-0.2, -0.15) is 0 Å². The molecule has 1 N–H and O–H groups in total. The molecule has 0 aliphatic heterocycles. The van der Waals surface area contributed by atoms with Crippen molar-refractivity contribution in [3.63, 3.8) is 0 Å². The first-order chi connectivity index (χ1) is 12.0. The van der Waals surface area contributed by atoms with Crippen LogP contribution >= 0.6 is 11.6 Å². The monoisotopic (exact) mass is 359 g/mol. The van der Waals surface area contributed by atoms with Crippen LogP contribution in [0.15, 0.2) is 60.7 Å². The Morgan fingerprint density at radius 1 is 1.08 bits per heavy atom. The highest BCUT2D eigenvalue weighted by molar-refractivity contribution is 6.30. The zero-order chi connectivity index (χ0) is 18.2. The third-order valence-electron chi connectivity index (χ3n) is 3.90. The zero-order valence-electron chi connectivity index (χ0n) is 14.5. The minimum atomic E-state index is -0.369. The first-order valence-electron chi connectivity index (χ1n) is 7.95. The van der Waals surface area contributed by atoms with E-state index in [0.717, 1.165) is 17.0 Å². The normalized spacial score (nSPS) is 13.3. The Labute approximate surface area is 153 Å². The highest BCUT2D eigenvalue weighted by Crippen LogP contribution is 2.29. The highest BCUT2D eigenvalue weighted by Gasteiger charge is 2.18. The Kier molecular flexibility index (Phi) is 6.90. The minimum Gasteiger partial charge on any atom is -0.497 e. The Morgan fingerprint density at radius 2 is 1.72 bits per heavy atom. The fourth-order valence-electron chi connectivity index (χ4n) is 2.46. The van der Waals surface area contributed by atoms with E-state index < -0.39 is 0 Å². The van der Waals surface area contributed by atoms with E-state index >= 15 is 0 Å². The summed E-state index contributed by atoms with van der Waals surface area (Å²) in [5.74, 6) is 0.473. The van der Waals surface area contributed by atoms with Gasteiger partial charge in [-0.1, -0.05) is 36.7 Å². The van der Waals surface area contributed by atoms with Crippen LogP contribution in [0.5, 0.6) is 5.75 Å². The number of nitrogens with one attached hydrogen (secondary N) is 1. The molecular weight excluding hydrogens is 338 g/mol. The lowest BCUT2D eigenvalue weighted by molar-refractivity contribution is -0.134. The number of anilines is 1. The van der Waals surface area contributed by atoms with E-state index in [-0.39, 0.29) is 17.9 Å². The molecule has 2 rings (SSSR count). The molecule has 0 unspecified atom stereocenters. The maximum Gasteiger partial charge on any atom is 0.330 e. The van der Waals surface area contributed by atoms with Gasteiger partial charge < -0.3 is 14.8 Å². The van der Waals surface area contributed by atoms with Crippen molar-refractivity contribution in [2.24, 2.45) is 5.92 Å². The predicted octanol–water partition coefficient (Wildman–Crippen LogP) is 4.87. The minimum absolute atomic E-state index is 0.0356. The summed E-state index contributed by atoms with van der Waals surface area (Å²) in [6.07, 6.45) is 3.28. The van der Waals surface area contributed by atoms with Crippen molar-refractivity contribution >= 4 is 23.3 Å². The highest BCUT2D eigenvalue weighted by atomic mass is 35.5. The number of benzene rings is 2. The molecule has 0 saturated heterocycles. The summed E-state index contributed by atoms with van der Waals surface area (Å²) in [7, 11) is 3.00. The van der Waals surface area contributed by atoms with Gasteiger partial charge in [-0.3, -0.25) is 0 Å². The first-order valence-corrected chi connectivity index (χ1v) is 8.33. The van der Waals surface area contributed by atoms with Crippen molar-refractivity contribution in [2.45, 2.75) is 13.0 Å². The molecule has 132 valence electrons. The van der Waals surface area contributed by atoms with Gasteiger partial charge in [0.25, 0.3) is 0 Å². The second kappa shape index (κ2) is 9.14. The lowest BCUT2D eigenvalue weighted by Gasteiger charge is -2.25. The van der Waals surface area contributed by atoms with Crippen LogP contribution in [0.3, 0.4) is 0 Å². The van der Waals surface area contributed by atoms with Crippen LogP contribution in [-0.4, -0.2) is 20.2 Å². The number of rotatable bonds is 7. The molecule has 4 nitrogen and oxygen atoms in total. The summed E-state index contributed by atoms with van der Waals surface area (Å²) in [6, 6.07) is 15.3. The average Bonchev–Trinajstić information content (AvgIpc) is 2.65. The largest absolute Gasteiger partial charge is 0.497 e. The number of hydrogen-bond donors (Lipinski definition) is 1. The molecule has 0 amide bonds. The second-order valence-corrected chi connectivity index (χ2v) is 6.08. The van der Waals surface area contributed by atoms with Crippen molar-refractivity contribution in [3.05, 3.63) is 71.3 Å². The molecule has 0 fully saturated rings. The van der Waals surface area contributed by atoms with Crippen LogP contribution in [0, 0.1) is 5.92 Å². The topological polar surface area (TPSA) is 47.6 Å². The maximum absolute atomic E-state index is 11.4. The molecule has 0 saturated carbocycles. The van der Waals surface area contributed by atoms with E-state index in [9.17, 15) is 4.79 Å². The smallest absolute Gasteiger partial charge is 0.330 e. The number of hydrogen-bond acceptors (Lipinski definition) is 4. The van der Waals surface area contributed by atoms with E-state index in [1.165, 1.54) is 13.2 Å². The molecule has 2 aromatic rings. The molecule has 25 heavy (non-hydrogen) atoms. The quantitative estimate of drug-likeness (QED) is 0.566. The van der Waals surface area contributed by atoms with Crippen LogP contribution in [0.25, 0.3) is 0 Å². The second-order valence-electron chi connectivity index (χ2n) is 5.64. The van der Waals surface area contributed by atoms with Crippen LogP contribution in [0.1, 0.15) is 18.5 Å². The van der Waals surface area contributed by atoms with Gasteiger partial charge in [0.2, 0.25) is 0 Å². The van der Waals surface area contributed by atoms with Gasteiger partial charge in [0, 0.05) is 16.8 Å². The molecule has 2 aromatic carbocycles. The third-order valence-corrected chi connectivity index (χ3v) is 4.16. The van der Waals surface area contributed by atoms with Gasteiger partial charge in [0.05, 0.1) is 20.3 Å². The number of esters is 1. The molecule has 0 radical (unpaired) electrons. The van der Waals surface area contributed by atoms with Gasteiger partial charge in [-0.25, -0.2) is 4.79 Å². The van der Waals surface area contributed by atoms with Gasteiger partial charge in [-0.15, -0.1) is 0 Å². The summed E-state index contributed by atoms with van der Waals surface area (Å²) >= 11 is 6.00. The molecule has 5 heteroatoms. The fraction of sp³-hybridized carbons (Fsp3) is 0.250. The van der Waals surface area contributed by atoms with Crippen LogP contribution in [-0.2, 0) is 9.53 Å². The first kappa shape index (κ1) is 18.9. The van der Waals surface area contributed by atoms with E-state index in [1.807, 2.05) is 61.5 Å². The van der Waals surface area contributed by atoms with Gasteiger partial charge in [-0.05, 0) is 47.9 Å². The van der Waals surface area contributed by atoms with Crippen LogP contribution in [0.4, 0.5) is 5.69 Å². The van der Waals surface area contributed by atoms with Gasteiger partial charge in [0.1, 0.15) is 5.75 Å². The number of ether oxygens (including phenoxy) is 2. The summed E-state index contributed by atoms with van der Waals surface area (Å²) < 4.78 is 9.86. The molecule has 0 bridgehead atoms. The number of carbonyl (C=O) groups is 1. The fourth-order valence-corrected chi connectivity index (χ4v) is 2.59. The molecule has 0 aliphatic rings. The summed E-state index contributed by atoms with van der Waals surface area (Å²) in [5.41, 5.74) is 2.03. The molecular formula is C20H22ClNO3. The van der Waals surface area contributed by atoms with E-state index in [4.69, 9.17) is 16.3 Å².